The van der Waals surface area contributed by atoms with Gasteiger partial charge < -0.3 is 10.5 Å². The maximum atomic E-state index is 13.1. The van der Waals surface area contributed by atoms with Crippen LogP contribution in [0.2, 0.25) is 0 Å². The molecule has 0 saturated heterocycles. The van der Waals surface area contributed by atoms with Gasteiger partial charge in [0, 0.05) is 16.8 Å². The molecule has 4 rings (SSSR count). The molecular formula is C32H37N3O3S. The molecule has 204 valence electrons. The lowest BCUT2D eigenvalue weighted by molar-refractivity contribution is 0.243. The van der Waals surface area contributed by atoms with Crippen molar-refractivity contribution in [3.63, 3.8) is 0 Å². The van der Waals surface area contributed by atoms with Crippen LogP contribution in [-0.2, 0) is 10.0 Å². The Morgan fingerprint density at radius 3 is 2.36 bits per heavy atom. The molecule has 0 aliphatic heterocycles. The summed E-state index contributed by atoms with van der Waals surface area (Å²) in [5.41, 5.74) is 11.0. The van der Waals surface area contributed by atoms with E-state index in [0.29, 0.717) is 18.0 Å². The number of nitrogen functional groups attached to an aromatic ring is 1. The molecule has 6 nitrogen and oxygen atoms in total. The lowest BCUT2D eigenvalue weighted by Gasteiger charge is -2.19. The van der Waals surface area contributed by atoms with E-state index < -0.39 is 10.0 Å². The molecular weight excluding hydrogens is 506 g/mol. The van der Waals surface area contributed by atoms with Crippen LogP contribution >= 0.6 is 0 Å². The Morgan fingerprint density at radius 1 is 0.897 bits per heavy atom. The molecule has 0 aliphatic carbocycles. The number of nitrogens with zero attached hydrogens (tertiary/aromatic N) is 1. The average molecular weight is 544 g/mol. The molecule has 1 heterocycles. The minimum atomic E-state index is -3.88. The first-order chi connectivity index (χ1) is 18.4. The number of hydrogen-bond donors (Lipinski definition) is 2. The highest BCUT2D eigenvalue weighted by molar-refractivity contribution is 7.92. The summed E-state index contributed by atoms with van der Waals surface area (Å²) >= 11 is 0. The highest BCUT2D eigenvalue weighted by Crippen LogP contribution is 2.37. The van der Waals surface area contributed by atoms with Crippen molar-refractivity contribution < 1.29 is 13.2 Å². The van der Waals surface area contributed by atoms with Crippen LogP contribution in [0, 0.1) is 5.41 Å². The first kappa shape index (κ1) is 28.2. The van der Waals surface area contributed by atoms with E-state index in [0.717, 1.165) is 34.4 Å². The van der Waals surface area contributed by atoms with Gasteiger partial charge in [-0.3, -0.25) is 4.72 Å². The van der Waals surface area contributed by atoms with Gasteiger partial charge in [0.1, 0.15) is 11.6 Å². The second-order valence-corrected chi connectivity index (χ2v) is 12.9. The van der Waals surface area contributed by atoms with E-state index >= 15 is 0 Å². The van der Waals surface area contributed by atoms with Gasteiger partial charge >= 0.3 is 0 Å². The molecule has 0 fully saturated rings. The van der Waals surface area contributed by atoms with Crippen molar-refractivity contribution in [1.29, 1.82) is 0 Å². The van der Waals surface area contributed by atoms with Crippen LogP contribution in [0.4, 0.5) is 11.5 Å². The third-order valence-corrected chi connectivity index (χ3v) is 7.76. The maximum Gasteiger partial charge on any atom is 0.263 e. The van der Waals surface area contributed by atoms with Gasteiger partial charge in [0.25, 0.3) is 10.0 Å². The van der Waals surface area contributed by atoms with E-state index in [-0.39, 0.29) is 22.0 Å². The Bertz CT molecular complexity index is 1560. The summed E-state index contributed by atoms with van der Waals surface area (Å²) in [5, 5.41) is 0. The first-order valence-electron chi connectivity index (χ1n) is 13.1. The predicted molar refractivity (Wildman–Crippen MR) is 160 cm³/mol. The molecule has 3 N–H and O–H groups in total. The van der Waals surface area contributed by atoms with Crippen LogP contribution in [0.3, 0.4) is 0 Å². The Balaban J connectivity index is 1.78. The molecule has 0 amide bonds. The summed E-state index contributed by atoms with van der Waals surface area (Å²) in [7, 11) is -3.88. The topological polar surface area (TPSA) is 94.3 Å². The highest BCUT2D eigenvalue weighted by Gasteiger charge is 2.20. The van der Waals surface area contributed by atoms with Crippen molar-refractivity contribution in [2.45, 2.75) is 51.9 Å². The van der Waals surface area contributed by atoms with Gasteiger partial charge in [-0.05, 0) is 71.3 Å². The third-order valence-electron chi connectivity index (χ3n) is 6.41. The van der Waals surface area contributed by atoms with Crippen molar-refractivity contribution in [2.75, 3.05) is 17.1 Å². The van der Waals surface area contributed by atoms with Crippen LogP contribution in [0.25, 0.3) is 22.4 Å². The maximum absolute atomic E-state index is 13.1. The van der Waals surface area contributed by atoms with E-state index in [2.05, 4.69) is 45.4 Å². The number of aromatic nitrogens is 1. The zero-order valence-corrected chi connectivity index (χ0v) is 24.0. The number of pyridine rings is 1. The van der Waals surface area contributed by atoms with Gasteiger partial charge in [0.15, 0.2) is 0 Å². The molecule has 3 aromatic carbocycles. The van der Waals surface area contributed by atoms with Crippen LogP contribution in [0.1, 0.15) is 52.5 Å². The Labute approximate surface area is 232 Å². The normalized spacial score (nSPS) is 11.9. The zero-order valence-electron chi connectivity index (χ0n) is 23.2. The fourth-order valence-electron chi connectivity index (χ4n) is 4.28. The number of ether oxygens (including phenoxy) is 1. The van der Waals surface area contributed by atoms with Crippen molar-refractivity contribution in [2.24, 2.45) is 5.41 Å². The molecule has 0 atom stereocenters. The standard InChI is InChI=1S/C32H37N3O3S/c1-22(2)27-14-6-7-15-29(27)31-28(23-10-8-12-25(20-23)38-19-18-32(3,4)5)16-17-30(34-31)35-39(36,37)26-13-9-11-24(33)21-26/h6-17,20-22H,18-19,33H2,1-5H3,(H,34,35). The van der Waals surface area contributed by atoms with E-state index in [9.17, 15) is 8.42 Å². The van der Waals surface area contributed by atoms with Gasteiger partial charge in [0.2, 0.25) is 0 Å². The van der Waals surface area contributed by atoms with Gasteiger partial charge in [-0.25, -0.2) is 13.4 Å². The van der Waals surface area contributed by atoms with E-state index in [1.165, 1.54) is 12.1 Å². The molecule has 4 aromatic rings. The van der Waals surface area contributed by atoms with Gasteiger partial charge in [0.05, 0.1) is 17.2 Å². The molecule has 0 unspecified atom stereocenters. The summed E-state index contributed by atoms with van der Waals surface area (Å²) in [4.78, 5) is 4.94. The number of benzene rings is 3. The smallest absolute Gasteiger partial charge is 0.263 e. The minimum Gasteiger partial charge on any atom is -0.494 e. The molecule has 0 aliphatic rings. The molecule has 39 heavy (non-hydrogen) atoms. The lowest BCUT2D eigenvalue weighted by atomic mass is 9.91. The first-order valence-corrected chi connectivity index (χ1v) is 14.6. The van der Waals surface area contributed by atoms with Crippen molar-refractivity contribution in [3.8, 4) is 28.1 Å². The Kier molecular flexibility index (Phi) is 8.31. The summed E-state index contributed by atoms with van der Waals surface area (Å²) in [6.07, 6.45) is 0.938. The largest absolute Gasteiger partial charge is 0.494 e. The number of sulfonamides is 1. The minimum absolute atomic E-state index is 0.0811. The van der Waals surface area contributed by atoms with Crippen LogP contribution < -0.4 is 15.2 Å². The highest BCUT2D eigenvalue weighted by atomic mass is 32.2. The van der Waals surface area contributed by atoms with E-state index in [1.54, 1.807) is 18.2 Å². The van der Waals surface area contributed by atoms with Crippen molar-refractivity contribution in [3.05, 3.63) is 90.5 Å². The molecule has 0 saturated carbocycles. The third kappa shape index (κ3) is 7.18. The number of nitrogens with one attached hydrogen (secondary N) is 1. The molecule has 1 aromatic heterocycles. The predicted octanol–water partition coefficient (Wildman–Crippen LogP) is 7.74. The molecule has 0 radical (unpaired) electrons. The zero-order chi connectivity index (χ0) is 28.2. The second kappa shape index (κ2) is 11.5. The fourth-order valence-corrected chi connectivity index (χ4v) is 5.33. The molecule has 7 heteroatoms. The second-order valence-electron chi connectivity index (χ2n) is 11.2. The van der Waals surface area contributed by atoms with Gasteiger partial charge in [-0.2, -0.15) is 0 Å². The van der Waals surface area contributed by atoms with Gasteiger partial charge in [-0.15, -0.1) is 0 Å². The summed E-state index contributed by atoms with van der Waals surface area (Å²) in [6, 6.07) is 25.8. The average Bonchev–Trinajstić information content (AvgIpc) is 2.88. The van der Waals surface area contributed by atoms with Crippen molar-refractivity contribution in [1.82, 2.24) is 4.98 Å². The monoisotopic (exact) mass is 543 g/mol. The number of nitrogens with two attached hydrogens (primary N) is 1. The lowest BCUT2D eigenvalue weighted by Crippen LogP contribution is -2.14. The van der Waals surface area contributed by atoms with Gasteiger partial charge in [-0.1, -0.05) is 77.1 Å². The number of hydrogen-bond acceptors (Lipinski definition) is 5. The van der Waals surface area contributed by atoms with Crippen LogP contribution in [0.5, 0.6) is 5.75 Å². The quantitative estimate of drug-likeness (QED) is 0.211. The van der Waals surface area contributed by atoms with Crippen LogP contribution in [0.15, 0.2) is 89.8 Å². The Morgan fingerprint density at radius 2 is 1.64 bits per heavy atom. The summed E-state index contributed by atoms with van der Waals surface area (Å²) < 4.78 is 35.0. The SMILES string of the molecule is CC(C)c1ccccc1-c1nc(NS(=O)(=O)c2cccc(N)c2)ccc1-c1cccc(OCCC(C)(C)C)c1. The van der Waals surface area contributed by atoms with E-state index in [4.69, 9.17) is 15.5 Å². The summed E-state index contributed by atoms with van der Waals surface area (Å²) in [5.74, 6) is 1.26. The fraction of sp³-hybridized carbons (Fsp3) is 0.281. The molecule has 0 bridgehead atoms. The summed E-state index contributed by atoms with van der Waals surface area (Å²) in [6.45, 7) is 11.5. The van der Waals surface area contributed by atoms with E-state index in [1.807, 2.05) is 48.5 Å². The van der Waals surface area contributed by atoms with Crippen molar-refractivity contribution >= 4 is 21.5 Å². The number of rotatable bonds is 9. The Hall–Kier alpha value is -3.84. The number of anilines is 2. The molecule has 0 spiro atoms. The van der Waals surface area contributed by atoms with Crippen LogP contribution in [-0.4, -0.2) is 20.0 Å².